The van der Waals surface area contributed by atoms with Crippen LogP contribution in [0.15, 0.2) is 54.6 Å². The minimum absolute atomic E-state index is 0.0105. The van der Waals surface area contributed by atoms with Crippen LogP contribution in [-0.4, -0.2) is 58.6 Å². The summed E-state index contributed by atoms with van der Waals surface area (Å²) in [6, 6.07) is 12.0. The predicted octanol–water partition coefficient (Wildman–Crippen LogP) is 3.21. The molecule has 0 spiro atoms. The molecule has 3 atom stereocenters. The van der Waals surface area contributed by atoms with Crippen LogP contribution in [0.3, 0.4) is 0 Å². The number of aliphatic carboxylic acids is 1. The van der Waals surface area contributed by atoms with E-state index in [9.17, 15) is 29.4 Å². The topological polar surface area (TPSA) is 171 Å². The van der Waals surface area contributed by atoms with Gasteiger partial charge in [-0.3, -0.25) is 14.4 Å². The number of unbranched alkanes of at least 4 members (excludes halogenated alkanes) is 5. The highest BCUT2D eigenvalue weighted by Crippen LogP contribution is 2.13. The maximum atomic E-state index is 13.5. The summed E-state index contributed by atoms with van der Waals surface area (Å²) in [5.74, 6) is -2.56. The van der Waals surface area contributed by atoms with Gasteiger partial charge in [0.1, 0.15) is 23.9 Å². The Morgan fingerprint density at radius 3 is 1.95 bits per heavy atom. The fourth-order valence-electron chi connectivity index (χ4n) is 4.59. The molecule has 2 aromatic carbocycles. The molecule has 0 aliphatic heterocycles. The van der Waals surface area contributed by atoms with Crippen molar-refractivity contribution in [3.63, 3.8) is 0 Å². The second-order valence-electron chi connectivity index (χ2n) is 10.6. The van der Waals surface area contributed by atoms with E-state index in [2.05, 4.69) is 22.9 Å². The van der Waals surface area contributed by atoms with Crippen molar-refractivity contribution < 1.29 is 29.4 Å². The molecule has 2 aromatic rings. The van der Waals surface area contributed by atoms with Crippen LogP contribution in [0.2, 0.25) is 0 Å². The Morgan fingerprint density at radius 1 is 0.714 bits per heavy atom. The van der Waals surface area contributed by atoms with E-state index in [1.807, 2.05) is 30.3 Å². The zero-order valence-electron chi connectivity index (χ0n) is 24.5. The normalized spacial score (nSPS) is 13.0. The van der Waals surface area contributed by atoms with Crippen LogP contribution in [0.4, 0.5) is 0 Å². The first kappa shape index (κ1) is 34.3. The van der Waals surface area contributed by atoms with E-state index in [-0.39, 0.29) is 24.5 Å². The van der Waals surface area contributed by atoms with Gasteiger partial charge in [0, 0.05) is 19.3 Å². The Morgan fingerprint density at radius 2 is 1.31 bits per heavy atom. The maximum absolute atomic E-state index is 13.5. The molecule has 0 radical (unpaired) electrons. The van der Waals surface area contributed by atoms with Gasteiger partial charge in [0.05, 0.1) is 0 Å². The van der Waals surface area contributed by atoms with Crippen molar-refractivity contribution >= 4 is 23.7 Å². The van der Waals surface area contributed by atoms with Crippen molar-refractivity contribution in [3.8, 4) is 5.75 Å². The lowest BCUT2D eigenvalue weighted by Crippen LogP contribution is -2.56. The molecule has 0 saturated carbocycles. The number of hydrogen-bond acceptors (Lipinski definition) is 6. The molecule has 3 amide bonds. The summed E-state index contributed by atoms with van der Waals surface area (Å²) in [5, 5.41) is 27.5. The first-order valence-corrected chi connectivity index (χ1v) is 14.9. The monoisotopic (exact) mass is 582 g/mol. The number of carboxylic acid groups (broad SMARTS) is 1. The molecule has 0 fully saturated rings. The molecule has 0 aliphatic rings. The lowest BCUT2D eigenvalue weighted by atomic mass is 10.0. The molecule has 230 valence electrons. The Labute approximate surface area is 248 Å². The van der Waals surface area contributed by atoms with Gasteiger partial charge in [-0.2, -0.15) is 0 Å². The van der Waals surface area contributed by atoms with E-state index in [4.69, 9.17) is 5.73 Å². The number of carboxylic acids is 1. The zero-order chi connectivity index (χ0) is 30.7. The van der Waals surface area contributed by atoms with E-state index in [0.717, 1.165) is 37.7 Å². The highest BCUT2D eigenvalue weighted by atomic mass is 16.4. The number of phenols is 1. The van der Waals surface area contributed by atoms with Gasteiger partial charge >= 0.3 is 5.97 Å². The Balaban J connectivity index is 2.16. The fraction of sp³-hybridized carbons (Fsp3) is 0.500. The molecule has 10 nitrogen and oxygen atoms in total. The number of nitrogens with one attached hydrogen (secondary N) is 3. The summed E-state index contributed by atoms with van der Waals surface area (Å²) in [7, 11) is 0. The van der Waals surface area contributed by atoms with Crippen molar-refractivity contribution in [2.75, 3.05) is 6.54 Å². The van der Waals surface area contributed by atoms with Gasteiger partial charge in [-0.05, 0) is 55.5 Å². The minimum atomic E-state index is -1.26. The Kier molecular flexibility index (Phi) is 15.7. The number of nitrogens with two attached hydrogens (primary N) is 1. The standard InChI is InChI=1S/C32H46N4O6/c1-2-3-4-5-9-15-29(38)34-26(14-10-11-20-33)30(39)35-27(21-23-12-7-6-8-13-23)31(40)36-28(32(41)42)22-24-16-18-25(37)19-17-24/h6-8,12-13,16-19,26-28,37H,2-5,9-11,14-15,20-22,33H2,1H3,(H,34,38)(H,35,39)(H,36,40)(H,41,42)/t26-,27-,28-/m0/s1. The van der Waals surface area contributed by atoms with Gasteiger partial charge < -0.3 is 31.9 Å². The largest absolute Gasteiger partial charge is 0.508 e. The first-order chi connectivity index (χ1) is 20.2. The van der Waals surface area contributed by atoms with Crippen molar-refractivity contribution in [1.29, 1.82) is 0 Å². The fourth-order valence-corrected chi connectivity index (χ4v) is 4.59. The highest BCUT2D eigenvalue weighted by Gasteiger charge is 2.30. The molecule has 0 saturated heterocycles. The number of hydrogen-bond donors (Lipinski definition) is 6. The van der Waals surface area contributed by atoms with Crippen molar-refractivity contribution in [3.05, 3.63) is 65.7 Å². The van der Waals surface area contributed by atoms with Gasteiger partial charge in [-0.15, -0.1) is 0 Å². The number of phenolic OH excluding ortho intramolecular Hbond substituents is 1. The van der Waals surface area contributed by atoms with E-state index < -0.39 is 35.9 Å². The molecule has 0 aromatic heterocycles. The van der Waals surface area contributed by atoms with E-state index in [0.29, 0.717) is 37.8 Å². The number of carbonyl (C=O) groups is 4. The van der Waals surface area contributed by atoms with E-state index in [1.54, 1.807) is 12.1 Å². The van der Waals surface area contributed by atoms with Crippen molar-refractivity contribution in [2.45, 2.75) is 95.7 Å². The molecular weight excluding hydrogens is 536 g/mol. The summed E-state index contributed by atoms with van der Waals surface area (Å²) >= 11 is 0. The number of carbonyl (C=O) groups excluding carboxylic acids is 3. The van der Waals surface area contributed by atoms with Gasteiger partial charge in [0.2, 0.25) is 17.7 Å². The quantitative estimate of drug-likeness (QED) is 0.130. The summed E-state index contributed by atoms with van der Waals surface area (Å²) in [4.78, 5) is 51.6. The number of amides is 3. The van der Waals surface area contributed by atoms with Gasteiger partial charge in [0.25, 0.3) is 0 Å². The summed E-state index contributed by atoms with van der Waals surface area (Å²) in [6.45, 7) is 2.58. The third kappa shape index (κ3) is 13.2. The average molecular weight is 583 g/mol. The van der Waals surface area contributed by atoms with Gasteiger partial charge in [-0.1, -0.05) is 75.1 Å². The number of rotatable bonds is 20. The maximum Gasteiger partial charge on any atom is 0.326 e. The third-order valence-corrected chi connectivity index (χ3v) is 7.01. The second kappa shape index (κ2) is 19.2. The molecule has 7 N–H and O–H groups in total. The van der Waals surface area contributed by atoms with E-state index in [1.165, 1.54) is 12.1 Å². The van der Waals surface area contributed by atoms with Crippen LogP contribution in [-0.2, 0) is 32.0 Å². The number of benzene rings is 2. The first-order valence-electron chi connectivity index (χ1n) is 14.9. The lowest BCUT2D eigenvalue weighted by Gasteiger charge is -2.25. The molecule has 0 bridgehead atoms. The summed E-state index contributed by atoms with van der Waals surface area (Å²) in [5.41, 5.74) is 7.03. The lowest BCUT2D eigenvalue weighted by molar-refractivity contribution is -0.142. The molecule has 0 aliphatic carbocycles. The Bertz CT molecular complexity index is 1110. The second-order valence-corrected chi connectivity index (χ2v) is 10.6. The van der Waals surface area contributed by atoms with Crippen LogP contribution in [0.25, 0.3) is 0 Å². The van der Waals surface area contributed by atoms with Crippen LogP contribution >= 0.6 is 0 Å². The highest BCUT2D eigenvalue weighted by molar-refractivity contribution is 5.93. The van der Waals surface area contributed by atoms with Crippen molar-refractivity contribution in [1.82, 2.24) is 16.0 Å². The predicted molar refractivity (Wildman–Crippen MR) is 162 cm³/mol. The molecular formula is C32H46N4O6. The van der Waals surface area contributed by atoms with Gasteiger partial charge in [-0.25, -0.2) is 4.79 Å². The van der Waals surface area contributed by atoms with E-state index >= 15 is 0 Å². The molecule has 2 rings (SSSR count). The van der Waals surface area contributed by atoms with Gasteiger partial charge in [0.15, 0.2) is 0 Å². The summed E-state index contributed by atoms with van der Waals surface area (Å²) < 4.78 is 0. The minimum Gasteiger partial charge on any atom is -0.508 e. The van der Waals surface area contributed by atoms with Crippen LogP contribution in [0, 0.1) is 0 Å². The SMILES string of the molecule is CCCCCCCC(=O)N[C@@H](CCCCN)C(=O)N[C@@H](Cc1ccccc1)C(=O)N[C@@H](Cc1ccc(O)cc1)C(=O)O. The molecule has 0 heterocycles. The Hall–Kier alpha value is -3.92. The van der Waals surface area contributed by atoms with Crippen LogP contribution in [0.5, 0.6) is 5.75 Å². The smallest absolute Gasteiger partial charge is 0.326 e. The third-order valence-electron chi connectivity index (χ3n) is 7.01. The number of aromatic hydroxyl groups is 1. The molecule has 10 heteroatoms. The summed E-state index contributed by atoms with van der Waals surface area (Å²) in [6.07, 6.45) is 7.07. The molecule has 0 unspecified atom stereocenters. The zero-order valence-corrected chi connectivity index (χ0v) is 24.5. The van der Waals surface area contributed by atoms with Crippen LogP contribution < -0.4 is 21.7 Å². The van der Waals surface area contributed by atoms with Crippen LogP contribution in [0.1, 0.15) is 75.8 Å². The van der Waals surface area contributed by atoms with Crippen molar-refractivity contribution in [2.24, 2.45) is 5.73 Å². The molecule has 42 heavy (non-hydrogen) atoms. The average Bonchev–Trinajstić information content (AvgIpc) is 2.97.